The van der Waals surface area contributed by atoms with Gasteiger partial charge in [-0.3, -0.25) is 4.79 Å². The lowest BCUT2D eigenvalue weighted by Gasteiger charge is -2.13. The van der Waals surface area contributed by atoms with Gasteiger partial charge in [0.2, 0.25) is 0 Å². The first kappa shape index (κ1) is 16.5. The Kier molecular flexibility index (Phi) is 5.27. The van der Waals surface area contributed by atoms with Crippen LogP contribution in [0.15, 0.2) is 91.2 Å². The molecule has 0 bridgehead atoms. The molecule has 124 valence electrons. The van der Waals surface area contributed by atoms with Crippen LogP contribution in [-0.4, -0.2) is 13.0 Å². The van der Waals surface area contributed by atoms with Crippen molar-refractivity contribution in [3.8, 4) is 0 Å². The Morgan fingerprint density at radius 2 is 1.36 bits per heavy atom. The number of ether oxygens (including phenoxy) is 1. The highest BCUT2D eigenvalue weighted by Gasteiger charge is 2.15. The second-order valence-electron chi connectivity index (χ2n) is 5.50. The van der Waals surface area contributed by atoms with Crippen LogP contribution in [0.3, 0.4) is 0 Å². The zero-order chi connectivity index (χ0) is 17.5. The molecule has 1 amide bonds. The van der Waals surface area contributed by atoms with Gasteiger partial charge in [0.15, 0.2) is 0 Å². The number of para-hydroxylation sites is 1. The Labute approximate surface area is 147 Å². The maximum atomic E-state index is 12.8. The van der Waals surface area contributed by atoms with Gasteiger partial charge in [0.25, 0.3) is 5.91 Å². The number of methoxy groups -OCH3 is 1. The van der Waals surface area contributed by atoms with Gasteiger partial charge in [0.1, 0.15) is 0 Å². The maximum absolute atomic E-state index is 12.8. The Hall–Kier alpha value is -3.33. The van der Waals surface area contributed by atoms with E-state index in [1.807, 2.05) is 84.9 Å². The van der Waals surface area contributed by atoms with Crippen molar-refractivity contribution in [2.24, 2.45) is 0 Å². The lowest BCUT2D eigenvalue weighted by molar-refractivity contribution is 0.102. The fraction of sp³-hybridized carbons (Fsp3) is 0.0455. The number of carbonyl (C=O) groups is 1. The number of hydrogen-bond donors (Lipinski definition) is 1. The van der Waals surface area contributed by atoms with Crippen molar-refractivity contribution in [3.63, 3.8) is 0 Å². The van der Waals surface area contributed by atoms with E-state index in [0.717, 1.165) is 22.4 Å². The van der Waals surface area contributed by atoms with Crippen molar-refractivity contribution < 1.29 is 9.53 Å². The molecule has 0 atom stereocenters. The molecule has 0 aliphatic heterocycles. The lowest BCUT2D eigenvalue weighted by Crippen LogP contribution is -2.14. The zero-order valence-electron chi connectivity index (χ0n) is 14.0. The van der Waals surface area contributed by atoms with E-state index in [1.54, 1.807) is 13.4 Å². The first-order valence-corrected chi connectivity index (χ1v) is 8.04. The van der Waals surface area contributed by atoms with Crippen molar-refractivity contribution >= 4 is 17.2 Å². The highest BCUT2D eigenvalue weighted by molar-refractivity contribution is 6.08. The molecule has 0 aliphatic rings. The highest BCUT2D eigenvalue weighted by atomic mass is 16.5. The summed E-state index contributed by atoms with van der Waals surface area (Å²) in [5.74, 6) is -0.153. The average molecular weight is 329 g/mol. The summed E-state index contributed by atoms with van der Waals surface area (Å²) >= 11 is 0. The maximum Gasteiger partial charge on any atom is 0.256 e. The van der Waals surface area contributed by atoms with Crippen LogP contribution in [-0.2, 0) is 4.74 Å². The van der Waals surface area contributed by atoms with Gasteiger partial charge in [0.05, 0.1) is 13.4 Å². The molecule has 3 aromatic carbocycles. The topological polar surface area (TPSA) is 38.3 Å². The van der Waals surface area contributed by atoms with Gasteiger partial charge in [-0.05, 0) is 29.3 Å². The summed E-state index contributed by atoms with van der Waals surface area (Å²) in [6.45, 7) is 0. The summed E-state index contributed by atoms with van der Waals surface area (Å²) in [7, 11) is 1.61. The minimum Gasteiger partial charge on any atom is -0.504 e. The number of rotatable bonds is 5. The summed E-state index contributed by atoms with van der Waals surface area (Å²) in [4.78, 5) is 12.8. The normalized spacial score (nSPS) is 11.0. The molecular weight excluding hydrogens is 310 g/mol. The predicted molar refractivity (Wildman–Crippen MR) is 101 cm³/mol. The van der Waals surface area contributed by atoms with E-state index in [-0.39, 0.29) is 5.91 Å². The molecule has 0 saturated carbocycles. The van der Waals surface area contributed by atoms with Crippen molar-refractivity contribution in [1.29, 1.82) is 0 Å². The number of nitrogens with one attached hydrogen (secondary N) is 1. The smallest absolute Gasteiger partial charge is 0.256 e. The molecule has 0 saturated heterocycles. The van der Waals surface area contributed by atoms with Crippen LogP contribution in [0.4, 0.5) is 5.69 Å². The predicted octanol–water partition coefficient (Wildman–Crippen LogP) is 4.97. The third-order valence-corrected chi connectivity index (χ3v) is 3.81. The molecule has 0 aromatic heterocycles. The van der Waals surface area contributed by atoms with E-state index < -0.39 is 0 Å². The van der Waals surface area contributed by atoms with E-state index >= 15 is 0 Å². The third kappa shape index (κ3) is 3.96. The molecule has 3 heteroatoms. The van der Waals surface area contributed by atoms with Crippen LogP contribution in [0.25, 0.3) is 5.57 Å². The first-order valence-electron chi connectivity index (χ1n) is 8.04. The average Bonchev–Trinajstić information content (AvgIpc) is 2.67. The van der Waals surface area contributed by atoms with Crippen molar-refractivity contribution in [3.05, 3.63) is 108 Å². The van der Waals surface area contributed by atoms with Crippen molar-refractivity contribution in [1.82, 2.24) is 0 Å². The summed E-state index contributed by atoms with van der Waals surface area (Å²) in [5.41, 5.74) is 4.04. The van der Waals surface area contributed by atoms with Gasteiger partial charge in [-0.25, -0.2) is 0 Å². The fourth-order valence-corrected chi connectivity index (χ4v) is 2.66. The van der Waals surface area contributed by atoms with Gasteiger partial charge >= 0.3 is 0 Å². The highest BCUT2D eigenvalue weighted by Crippen LogP contribution is 2.27. The molecule has 25 heavy (non-hydrogen) atoms. The number of carbonyl (C=O) groups excluding carboxylic acids is 1. The largest absolute Gasteiger partial charge is 0.504 e. The molecule has 3 aromatic rings. The van der Waals surface area contributed by atoms with E-state index in [2.05, 4.69) is 5.32 Å². The van der Waals surface area contributed by atoms with Crippen LogP contribution in [0.5, 0.6) is 0 Å². The van der Waals surface area contributed by atoms with Crippen LogP contribution >= 0.6 is 0 Å². The van der Waals surface area contributed by atoms with Crippen molar-refractivity contribution in [2.45, 2.75) is 0 Å². The summed E-state index contributed by atoms with van der Waals surface area (Å²) in [5, 5.41) is 2.94. The Morgan fingerprint density at radius 3 is 2.00 bits per heavy atom. The van der Waals surface area contributed by atoms with Crippen LogP contribution in [0.2, 0.25) is 0 Å². The standard InChI is InChI=1S/C22H19NO2/c1-25-16-21(17-10-4-2-5-11-17)19-14-8-9-15-20(19)22(24)23-18-12-6-3-7-13-18/h2-16H,1H3,(H,23,24)/b21-16+. The summed E-state index contributed by atoms with van der Waals surface area (Å²) < 4.78 is 5.27. The van der Waals surface area contributed by atoms with Gasteiger partial charge in [-0.1, -0.05) is 66.7 Å². The summed E-state index contributed by atoms with van der Waals surface area (Å²) in [6, 6.07) is 26.8. The zero-order valence-corrected chi connectivity index (χ0v) is 14.0. The molecule has 0 unspecified atom stereocenters. The van der Waals surface area contributed by atoms with Gasteiger partial charge in [-0.15, -0.1) is 0 Å². The molecule has 0 heterocycles. The van der Waals surface area contributed by atoms with E-state index in [9.17, 15) is 4.79 Å². The van der Waals surface area contributed by atoms with Gasteiger partial charge < -0.3 is 10.1 Å². The van der Waals surface area contributed by atoms with Crippen molar-refractivity contribution in [2.75, 3.05) is 12.4 Å². The van der Waals surface area contributed by atoms with E-state index in [1.165, 1.54) is 0 Å². The fourth-order valence-electron chi connectivity index (χ4n) is 2.66. The monoisotopic (exact) mass is 329 g/mol. The van der Waals surface area contributed by atoms with Crippen LogP contribution in [0.1, 0.15) is 21.5 Å². The molecule has 3 rings (SSSR count). The van der Waals surface area contributed by atoms with Crippen LogP contribution < -0.4 is 5.32 Å². The molecule has 3 nitrogen and oxygen atoms in total. The second kappa shape index (κ2) is 7.97. The molecule has 0 fully saturated rings. The van der Waals surface area contributed by atoms with Gasteiger partial charge in [0, 0.05) is 16.8 Å². The molecule has 0 aliphatic carbocycles. The van der Waals surface area contributed by atoms with Gasteiger partial charge in [-0.2, -0.15) is 0 Å². The Morgan fingerprint density at radius 1 is 0.800 bits per heavy atom. The number of benzene rings is 3. The van der Waals surface area contributed by atoms with Crippen LogP contribution in [0, 0.1) is 0 Å². The Balaban J connectivity index is 2.00. The number of hydrogen-bond acceptors (Lipinski definition) is 2. The Bertz CT molecular complexity index is 871. The molecule has 0 radical (unpaired) electrons. The third-order valence-electron chi connectivity index (χ3n) is 3.81. The SMILES string of the molecule is CO/C=C(\c1ccccc1)c1ccccc1C(=O)Nc1ccccc1. The minimum atomic E-state index is -0.153. The first-order chi connectivity index (χ1) is 12.3. The number of amides is 1. The minimum absolute atomic E-state index is 0.153. The quantitative estimate of drug-likeness (QED) is 0.671. The summed E-state index contributed by atoms with van der Waals surface area (Å²) in [6.07, 6.45) is 1.67. The molecular formula is C22H19NO2. The van der Waals surface area contributed by atoms with E-state index in [4.69, 9.17) is 4.74 Å². The molecule has 0 spiro atoms. The van der Waals surface area contributed by atoms with E-state index in [0.29, 0.717) is 5.56 Å². The lowest BCUT2D eigenvalue weighted by atomic mass is 9.94. The number of anilines is 1. The molecule has 1 N–H and O–H groups in total. The second-order valence-corrected chi connectivity index (χ2v) is 5.50.